The number of carbonyl (C=O) groups excluding carboxylic acids is 5. The van der Waals surface area contributed by atoms with Crippen molar-refractivity contribution < 1.29 is 47.7 Å². The minimum atomic E-state index is -1.36. The molecular weight excluding hydrogens is 436 g/mol. The van der Waals surface area contributed by atoms with Gasteiger partial charge in [0, 0.05) is 34.1 Å². The lowest BCUT2D eigenvalue weighted by Crippen LogP contribution is -2.49. The molecule has 0 bridgehead atoms. The molecule has 0 aromatic carbocycles. The van der Waals surface area contributed by atoms with E-state index in [0.717, 1.165) is 47.0 Å². The van der Waals surface area contributed by atoms with Crippen molar-refractivity contribution in [2.75, 3.05) is 13.2 Å². The van der Waals surface area contributed by atoms with Gasteiger partial charge in [0.1, 0.15) is 13.2 Å². The second-order valence-electron chi connectivity index (χ2n) is 7.73. The predicted molar refractivity (Wildman–Crippen MR) is 117 cm³/mol. The molecule has 0 aliphatic carbocycles. The average Bonchev–Trinajstić information content (AvgIpc) is 2.71. The van der Waals surface area contributed by atoms with Crippen LogP contribution in [-0.2, 0) is 47.7 Å². The lowest BCUT2D eigenvalue weighted by atomic mass is 10.1. The zero-order valence-electron chi connectivity index (χ0n) is 20.4. The first-order valence-electron chi connectivity index (χ1n) is 11.4. The molecule has 0 aliphatic rings. The Morgan fingerprint density at radius 1 is 0.576 bits per heavy atom. The maximum absolute atomic E-state index is 12.2. The van der Waals surface area contributed by atoms with Crippen molar-refractivity contribution in [3.05, 3.63) is 0 Å². The van der Waals surface area contributed by atoms with Crippen LogP contribution in [0.3, 0.4) is 0 Å². The number of hydrogen-bond acceptors (Lipinski definition) is 10. The van der Waals surface area contributed by atoms with Crippen LogP contribution in [0.15, 0.2) is 0 Å². The first-order chi connectivity index (χ1) is 15.6. The van der Waals surface area contributed by atoms with Crippen molar-refractivity contribution in [1.29, 1.82) is 0 Å². The van der Waals surface area contributed by atoms with Crippen molar-refractivity contribution in [2.24, 2.45) is 0 Å². The second kappa shape index (κ2) is 17.9. The van der Waals surface area contributed by atoms with Crippen molar-refractivity contribution in [2.45, 2.75) is 104 Å². The summed E-state index contributed by atoms with van der Waals surface area (Å²) < 4.78 is 25.7. The van der Waals surface area contributed by atoms with E-state index in [1.807, 2.05) is 0 Å². The standard InChI is InChI=1S/C23H38O10/c1-6-7-8-9-10-11-12-13-22(28)30-15-21(32-18(4)26)23(33-19(5)27)20(31-17(3)25)14-29-16(2)24/h20-21,23H,6-15H2,1-5H3. The Balaban J connectivity index is 5.11. The molecule has 10 nitrogen and oxygen atoms in total. The highest BCUT2D eigenvalue weighted by Gasteiger charge is 2.38. The van der Waals surface area contributed by atoms with Crippen molar-refractivity contribution >= 4 is 29.8 Å². The molecule has 3 unspecified atom stereocenters. The van der Waals surface area contributed by atoms with E-state index >= 15 is 0 Å². The van der Waals surface area contributed by atoms with E-state index in [-0.39, 0.29) is 6.42 Å². The third kappa shape index (κ3) is 16.6. The third-order valence-electron chi connectivity index (χ3n) is 4.51. The molecule has 0 saturated carbocycles. The smallest absolute Gasteiger partial charge is 0.305 e. The Kier molecular flexibility index (Phi) is 16.4. The van der Waals surface area contributed by atoms with Crippen LogP contribution in [-0.4, -0.2) is 61.4 Å². The molecule has 0 amide bonds. The van der Waals surface area contributed by atoms with Gasteiger partial charge in [0.25, 0.3) is 0 Å². The summed E-state index contributed by atoms with van der Waals surface area (Å²) in [5.41, 5.74) is 0. The molecule has 0 radical (unpaired) electrons. The number of carbonyl (C=O) groups is 5. The fraction of sp³-hybridized carbons (Fsp3) is 0.783. The van der Waals surface area contributed by atoms with Gasteiger partial charge in [-0.25, -0.2) is 0 Å². The van der Waals surface area contributed by atoms with Gasteiger partial charge < -0.3 is 23.7 Å². The van der Waals surface area contributed by atoms with Crippen LogP contribution in [0.2, 0.25) is 0 Å². The lowest BCUT2D eigenvalue weighted by molar-refractivity contribution is -0.194. The Morgan fingerprint density at radius 2 is 1.03 bits per heavy atom. The largest absolute Gasteiger partial charge is 0.462 e. The first-order valence-corrected chi connectivity index (χ1v) is 11.4. The average molecular weight is 475 g/mol. The summed E-state index contributed by atoms with van der Waals surface area (Å²) in [5.74, 6) is -3.37. The third-order valence-corrected chi connectivity index (χ3v) is 4.51. The van der Waals surface area contributed by atoms with Gasteiger partial charge in [0.15, 0.2) is 18.3 Å². The van der Waals surface area contributed by atoms with Crippen molar-refractivity contribution in [3.8, 4) is 0 Å². The van der Waals surface area contributed by atoms with Crippen molar-refractivity contribution in [1.82, 2.24) is 0 Å². The van der Waals surface area contributed by atoms with Gasteiger partial charge in [-0.15, -0.1) is 0 Å². The van der Waals surface area contributed by atoms with E-state index in [0.29, 0.717) is 6.42 Å². The zero-order chi connectivity index (χ0) is 25.2. The molecule has 0 spiro atoms. The Labute approximate surface area is 195 Å². The molecule has 0 aromatic rings. The minimum Gasteiger partial charge on any atom is -0.462 e. The van der Waals surface area contributed by atoms with E-state index < -0.39 is 61.4 Å². The summed E-state index contributed by atoms with van der Waals surface area (Å²) in [6, 6.07) is 0. The van der Waals surface area contributed by atoms with Crippen LogP contribution in [0.4, 0.5) is 0 Å². The Bertz CT molecular complexity index is 631. The number of unbranched alkanes of at least 4 members (excludes halogenated alkanes) is 6. The Morgan fingerprint density at radius 3 is 1.48 bits per heavy atom. The Hall–Kier alpha value is -2.65. The maximum Gasteiger partial charge on any atom is 0.305 e. The summed E-state index contributed by atoms with van der Waals surface area (Å²) in [4.78, 5) is 58.2. The van der Waals surface area contributed by atoms with Gasteiger partial charge in [0.05, 0.1) is 0 Å². The SMILES string of the molecule is CCCCCCCCCC(=O)OCC(OC(C)=O)C(OC(C)=O)C(COC(C)=O)OC(C)=O. The topological polar surface area (TPSA) is 132 Å². The van der Waals surface area contributed by atoms with E-state index in [2.05, 4.69) is 6.92 Å². The molecule has 33 heavy (non-hydrogen) atoms. The molecule has 3 atom stereocenters. The highest BCUT2D eigenvalue weighted by molar-refractivity contribution is 5.70. The molecule has 0 saturated heterocycles. The molecule has 10 heteroatoms. The van der Waals surface area contributed by atoms with Gasteiger partial charge in [-0.2, -0.15) is 0 Å². The summed E-state index contributed by atoms with van der Waals surface area (Å²) in [6.07, 6.45) is 3.57. The molecule has 0 rings (SSSR count). The van der Waals surface area contributed by atoms with E-state index in [4.69, 9.17) is 23.7 Å². The molecular formula is C23H38O10. The van der Waals surface area contributed by atoms with Gasteiger partial charge in [-0.3, -0.25) is 24.0 Å². The van der Waals surface area contributed by atoms with E-state index in [1.54, 1.807) is 0 Å². The number of hydrogen-bond donors (Lipinski definition) is 0. The minimum absolute atomic E-state index is 0.194. The number of ether oxygens (including phenoxy) is 5. The number of rotatable bonds is 17. The van der Waals surface area contributed by atoms with Gasteiger partial charge in [-0.05, 0) is 6.42 Å². The quantitative estimate of drug-likeness (QED) is 0.176. The van der Waals surface area contributed by atoms with Crippen LogP contribution in [0.5, 0.6) is 0 Å². The van der Waals surface area contributed by atoms with Crippen molar-refractivity contribution in [3.63, 3.8) is 0 Å². The van der Waals surface area contributed by atoms with Crippen LogP contribution in [0.1, 0.15) is 86.0 Å². The summed E-state index contributed by atoms with van der Waals surface area (Å²) in [6.45, 7) is 5.79. The summed E-state index contributed by atoms with van der Waals surface area (Å²) in [5, 5.41) is 0. The van der Waals surface area contributed by atoms with E-state index in [9.17, 15) is 24.0 Å². The summed E-state index contributed by atoms with van der Waals surface area (Å²) in [7, 11) is 0. The van der Waals surface area contributed by atoms with E-state index in [1.165, 1.54) is 19.3 Å². The molecule has 0 fully saturated rings. The molecule has 190 valence electrons. The van der Waals surface area contributed by atoms with Gasteiger partial charge in [-0.1, -0.05) is 45.4 Å². The second-order valence-corrected chi connectivity index (χ2v) is 7.73. The molecule has 0 heterocycles. The first kappa shape index (κ1) is 30.4. The maximum atomic E-state index is 12.2. The predicted octanol–water partition coefficient (Wildman–Crippen LogP) is 3.03. The summed E-state index contributed by atoms with van der Waals surface area (Å²) >= 11 is 0. The molecule has 0 aliphatic heterocycles. The molecule has 0 aromatic heterocycles. The van der Waals surface area contributed by atoms with Crippen LogP contribution in [0, 0.1) is 0 Å². The van der Waals surface area contributed by atoms with Gasteiger partial charge >= 0.3 is 29.8 Å². The van der Waals surface area contributed by atoms with Crippen LogP contribution < -0.4 is 0 Å². The monoisotopic (exact) mass is 474 g/mol. The zero-order valence-corrected chi connectivity index (χ0v) is 20.4. The highest BCUT2D eigenvalue weighted by Crippen LogP contribution is 2.16. The highest BCUT2D eigenvalue weighted by atomic mass is 16.6. The fourth-order valence-corrected chi connectivity index (χ4v) is 3.07. The normalized spacial score (nSPS) is 13.2. The lowest BCUT2D eigenvalue weighted by Gasteiger charge is -2.31. The van der Waals surface area contributed by atoms with Crippen LogP contribution in [0.25, 0.3) is 0 Å². The van der Waals surface area contributed by atoms with Crippen LogP contribution >= 0.6 is 0 Å². The fourth-order valence-electron chi connectivity index (χ4n) is 3.07. The molecule has 0 N–H and O–H groups in total. The number of esters is 5. The van der Waals surface area contributed by atoms with Gasteiger partial charge in [0.2, 0.25) is 0 Å².